The molecule has 0 nitrogen and oxygen atoms in total. The Kier molecular flexibility index (Phi) is 8.06. The summed E-state index contributed by atoms with van der Waals surface area (Å²) in [4.78, 5) is 0. The second-order valence-corrected chi connectivity index (χ2v) is 8.61. The first-order valence-corrected chi connectivity index (χ1v) is 11.7. The lowest BCUT2D eigenvalue weighted by Crippen LogP contribution is -2.01. The minimum atomic E-state index is 0.884. The van der Waals surface area contributed by atoms with Crippen LogP contribution in [0.5, 0.6) is 0 Å². The molecule has 0 aliphatic carbocycles. The largest absolute Gasteiger partial charge is 0.0991 e. The van der Waals surface area contributed by atoms with E-state index in [1.165, 1.54) is 55.6 Å². The Morgan fingerprint density at radius 2 is 1.62 bits per heavy atom. The molecule has 0 atom stereocenters. The van der Waals surface area contributed by atoms with Gasteiger partial charge in [-0.15, -0.1) is 0 Å². The smallest absolute Gasteiger partial charge is 0.00228 e. The van der Waals surface area contributed by atoms with Crippen LogP contribution in [0.4, 0.5) is 0 Å². The predicted octanol–water partition coefficient (Wildman–Crippen LogP) is 8.53. The molecule has 3 rings (SSSR count). The fraction of sp³-hybridized carbons (Fsp3) is 0.250. The molecule has 32 heavy (non-hydrogen) atoms. The van der Waals surface area contributed by atoms with E-state index in [-0.39, 0.29) is 0 Å². The molecule has 0 unspecified atom stereocenters. The SMILES string of the molecule is C=C/C=C(\C=C)Cc1ccc(C)c(-c2cccc(Cc3ccc(C)cc3CC)c2)c1CC. The maximum absolute atomic E-state index is 3.98. The van der Waals surface area contributed by atoms with Crippen LogP contribution in [0.2, 0.25) is 0 Å². The van der Waals surface area contributed by atoms with Crippen molar-refractivity contribution in [1.82, 2.24) is 0 Å². The number of allylic oxidation sites excluding steroid dienone is 4. The van der Waals surface area contributed by atoms with Gasteiger partial charge in [-0.25, -0.2) is 0 Å². The van der Waals surface area contributed by atoms with Crippen molar-refractivity contribution in [3.63, 3.8) is 0 Å². The highest BCUT2D eigenvalue weighted by molar-refractivity contribution is 5.73. The summed E-state index contributed by atoms with van der Waals surface area (Å²) < 4.78 is 0. The molecule has 0 saturated heterocycles. The van der Waals surface area contributed by atoms with Gasteiger partial charge < -0.3 is 0 Å². The molecule has 164 valence electrons. The van der Waals surface area contributed by atoms with E-state index in [0.29, 0.717) is 0 Å². The Labute approximate surface area is 195 Å². The minimum absolute atomic E-state index is 0.884. The van der Waals surface area contributed by atoms with E-state index in [4.69, 9.17) is 0 Å². The zero-order chi connectivity index (χ0) is 23.1. The molecule has 0 fully saturated rings. The van der Waals surface area contributed by atoms with Gasteiger partial charge in [0.25, 0.3) is 0 Å². The molecule has 0 bridgehead atoms. The molecule has 0 aromatic heterocycles. The summed E-state index contributed by atoms with van der Waals surface area (Å²) in [5.74, 6) is 0. The van der Waals surface area contributed by atoms with Gasteiger partial charge in [-0.3, -0.25) is 0 Å². The van der Waals surface area contributed by atoms with E-state index in [2.05, 4.69) is 102 Å². The standard InChI is InChI=1S/C32H36/c1-7-12-25(8-2)20-29-18-16-24(6)32(31(29)10-4)30-14-11-13-26(22-30)21-28-17-15-23(5)19-27(28)9-3/h7-8,11-19,22H,1-2,9-10,20-21H2,3-6H3/b25-12+. The van der Waals surface area contributed by atoms with E-state index < -0.39 is 0 Å². The van der Waals surface area contributed by atoms with Crippen LogP contribution in [-0.4, -0.2) is 0 Å². The average molecular weight is 421 g/mol. The molecule has 3 aromatic carbocycles. The molecule has 0 radical (unpaired) electrons. The molecule has 0 spiro atoms. The number of rotatable bonds is 9. The van der Waals surface area contributed by atoms with E-state index in [1.807, 2.05) is 12.2 Å². The van der Waals surface area contributed by atoms with Crippen molar-refractivity contribution in [2.24, 2.45) is 0 Å². The molecular weight excluding hydrogens is 384 g/mol. The molecule has 0 amide bonds. The predicted molar refractivity (Wildman–Crippen MR) is 142 cm³/mol. The lowest BCUT2D eigenvalue weighted by molar-refractivity contribution is 1.05. The molecule has 0 saturated carbocycles. The summed E-state index contributed by atoms with van der Waals surface area (Å²) in [6.07, 6.45) is 9.77. The van der Waals surface area contributed by atoms with Crippen molar-refractivity contribution < 1.29 is 0 Å². The highest BCUT2D eigenvalue weighted by Crippen LogP contribution is 2.33. The first-order valence-electron chi connectivity index (χ1n) is 11.7. The van der Waals surface area contributed by atoms with Crippen molar-refractivity contribution >= 4 is 0 Å². The van der Waals surface area contributed by atoms with Gasteiger partial charge in [-0.05, 0) is 89.6 Å². The summed E-state index contributed by atoms with van der Waals surface area (Å²) in [6, 6.07) is 20.5. The van der Waals surface area contributed by atoms with Crippen molar-refractivity contribution in [2.75, 3.05) is 0 Å². The first-order chi connectivity index (χ1) is 15.5. The van der Waals surface area contributed by atoms with Crippen molar-refractivity contribution in [3.8, 4) is 11.1 Å². The van der Waals surface area contributed by atoms with Crippen molar-refractivity contribution in [3.05, 3.63) is 131 Å². The molecule has 0 heteroatoms. The Morgan fingerprint density at radius 1 is 0.844 bits per heavy atom. The van der Waals surface area contributed by atoms with Crippen LogP contribution < -0.4 is 0 Å². The second-order valence-electron chi connectivity index (χ2n) is 8.61. The third kappa shape index (κ3) is 5.37. The quantitative estimate of drug-likeness (QED) is 0.304. The summed E-state index contributed by atoms with van der Waals surface area (Å²) in [5, 5.41) is 0. The van der Waals surface area contributed by atoms with Crippen LogP contribution in [0.1, 0.15) is 52.8 Å². The first kappa shape index (κ1) is 23.5. The lowest BCUT2D eigenvalue weighted by atomic mass is 9.86. The summed E-state index contributed by atoms with van der Waals surface area (Å²) in [6.45, 7) is 16.7. The van der Waals surface area contributed by atoms with Gasteiger partial charge >= 0.3 is 0 Å². The van der Waals surface area contributed by atoms with E-state index in [9.17, 15) is 0 Å². The fourth-order valence-corrected chi connectivity index (χ4v) is 4.66. The van der Waals surface area contributed by atoms with E-state index in [1.54, 1.807) is 0 Å². The van der Waals surface area contributed by atoms with Gasteiger partial charge in [0.2, 0.25) is 0 Å². The highest BCUT2D eigenvalue weighted by Gasteiger charge is 2.13. The monoisotopic (exact) mass is 420 g/mol. The number of benzene rings is 3. The Hall–Kier alpha value is -3.12. The van der Waals surface area contributed by atoms with Crippen LogP contribution in [0, 0.1) is 13.8 Å². The highest BCUT2D eigenvalue weighted by atomic mass is 14.2. The van der Waals surface area contributed by atoms with Crippen LogP contribution in [0.15, 0.2) is 91.6 Å². The van der Waals surface area contributed by atoms with E-state index in [0.717, 1.165) is 25.7 Å². The molecular formula is C32H36. The van der Waals surface area contributed by atoms with Crippen molar-refractivity contribution in [1.29, 1.82) is 0 Å². The molecule has 0 N–H and O–H groups in total. The maximum Gasteiger partial charge on any atom is -0.00228 e. The van der Waals surface area contributed by atoms with Crippen LogP contribution in [0.25, 0.3) is 11.1 Å². The van der Waals surface area contributed by atoms with Crippen LogP contribution in [-0.2, 0) is 25.7 Å². The topological polar surface area (TPSA) is 0 Å². The third-order valence-electron chi connectivity index (χ3n) is 6.31. The third-order valence-corrected chi connectivity index (χ3v) is 6.31. The minimum Gasteiger partial charge on any atom is -0.0991 e. The summed E-state index contributed by atoms with van der Waals surface area (Å²) >= 11 is 0. The van der Waals surface area contributed by atoms with Gasteiger partial charge in [0.15, 0.2) is 0 Å². The van der Waals surface area contributed by atoms with Gasteiger partial charge in [0.1, 0.15) is 0 Å². The van der Waals surface area contributed by atoms with E-state index >= 15 is 0 Å². The number of hydrogen-bond donors (Lipinski definition) is 0. The van der Waals surface area contributed by atoms with Gasteiger partial charge in [-0.1, -0.05) is 105 Å². The second kappa shape index (κ2) is 11.0. The zero-order valence-electron chi connectivity index (χ0n) is 20.2. The van der Waals surface area contributed by atoms with Crippen molar-refractivity contribution in [2.45, 2.75) is 53.4 Å². The zero-order valence-corrected chi connectivity index (χ0v) is 20.2. The molecule has 0 aliphatic heterocycles. The summed E-state index contributed by atoms with van der Waals surface area (Å²) in [5.41, 5.74) is 13.6. The van der Waals surface area contributed by atoms with Gasteiger partial charge in [-0.2, -0.15) is 0 Å². The molecule has 0 heterocycles. The van der Waals surface area contributed by atoms with Crippen LogP contribution >= 0.6 is 0 Å². The Bertz CT molecular complexity index is 1140. The Morgan fingerprint density at radius 3 is 2.31 bits per heavy atom. The van der Waals surface area contributed by atoms with Gasteiger partial charge in [0, 0.05) is 0 Å². The maximum atomic E-state index is 3.98. The molecule has 0 aliphatic rings. The number of hydrogen-bond acceptors (Lipinski definition) is 0. The average Bonchev–Trinajstić information content (AvgIpc) is 2.80. The normalized spacial score (nSPS) is 11.4. The van der Waals surface area contributed by atoms with Crippen LogP contribution in [0.3, 0.4) is 0 Å². The van der Waals surface area contributed by atoms with Gasteiger partial charge in [0.05, 0.1) is 0 Å². The molecule has 3 aromatic rings. The lowest BCUT2D eigenvalue weighted by Gasteiger charge is -2.18. The number of aryl methyl sites for hydroxylation is 3. The summed E-state index contributed by atoms with van der Waals surface area (Å²) in [7, 11) is 0. The fourth-order valence-electron chi connectivity index (χ4n) is 4.66. The Balaban J connectivity index is 2.03.